The number of nitrogens with zero attached hydrogens (tertiary/aromatic N) is 2. The number of hydrogen-bond acceptors (Lipinski definition) is 4. The number of carbonyl (C=O) groups excluding carboxylic acids is 2. The molecule has 4 rings (SSSR count). The molecule has 0 unspecified atom stereocenters. The van der Waals surface area contributed by atoms with Gasteiger partial charge < -0.3 is 14.6 Å². The van der Waals surface area contributed by atoms with Crippen LogP contribution in [-0.2, 0) is 14.9 Å². The number of para-hydroxylation sites is 1. The molecule has 0 aliphatic carbocycles. The zero-order valence-corrected chi connectivity index (χ0v) is 18.6. The molecule has 1 aliphatic rings. The van der Waals surface area contributed by atoms with Crippen molar-refractivity contribution in [3.05, 3.63) is 77.1 Å². The minimum Gasteiger partial charge on any atom is -0.459 e. The Hall–Kier alpha value is -3.85. The van der Waals surface area contributed by atoms with Gasteiger partial charge in [-0.3, -0.25) is 4.79 Å². The van der Waals surface area contributed by atoms with Crippen molar-refractivity contribution < 1.29 is 14.3 Å². The first-order chi connectivity index (χ1) is 15.2. The number of fused-ring (bicyclic) bond motifs is 3. The highest BCUT2D eigenvalue weighted by molar-refractivity contribution is 6.18. The number of hydrogen-bond donors (Lipinski definition) is 1. The molecule has 162 valence electrons. The van der Waals surface area contributed by atoms with Gasteiger partial charge in [-0.1, -0.05) is 38.1 Å². The highest BCUT2D eigenvalue weighted by atomic mass is 16.5. The third kappa shape index (κ3) is 3.78. The van der Waals surface area contributed by atoms with Crippen LogP contribution in [0.3, 0.4) is 0 Å². The van der Waals surface area contributed by atoms with Crippen LogP contribution in [0.1, 0.15) is 54.9 Å². The van der Waals surface area contributed by atoms with Crippen LogP contribution in [0, 0.1) is 11.3 Å². The smallest absolute Gasteiger partial charge is 0.342 e. The number of carbonyl (C=O) groups is 2. The monoisotopic (exact) mass is 427 g/mol. The van der Waals surface area contributed by atoms with E-state index < -0.39 is 11.4 Å². The Labute approximate surface area is 187 Å². The van der Waals surface area contributed by atoms with Crippen molar-refractivity contribution in [2.24, 2.45) is 0 Å². The topological polar surface area (TPSA) is 86.2 Å². The number of aromatic amines is 1. The fourth-order valence-corrected chi connectivity index (χ4v) is 4.27. The fourth-order valence-electron chi connectivity index (χ4n) is 4.27. The van der Waals surface area contributed by atoms with E-state index in [2.05, 4.69) is 24.9 Å². The van der Waals surface area contributed by atoms with Gasteiger partial charge in [0.15, 0.2) is 0 Å². The molecule has 1 N–H and O–H groups in total. The van der Waals surface area contributed by atoms with Gasteiger partial charge in [0.1, 0.15) is 0 Å². The molecule has 0 atom stereocenters. The summed E-state index contributed by atoms with van der Waals surface area (Å²) in [7, 11) is 0. The van der Waals surface area contributed by atoms with Crippen molar-refractivity contribution in [1.82, 2.24) is 9.88 Å². The lowest BCUT2D eigenvalue weighted by Gasteiger charge is -2.29. The van der Waals surface area contributed by atoms with Crippen LogP contribution in [0.5, 0.6) is 0 Å². The number of esters is 1. The number of rotatable bonds is 3. The van der Waals surface area contributed by atoms with E-state index in [0.717, 1.165) is 16.5 Å². The Bertz CT molecular complexity index is 1290. The number of nitrogens with one attached hydrogen (secondary N) is 1. The Morgan fingerprint density at radius 2 is 1.91 bits per heavy atom. The SMILES string of the molecule is CC(C)OC(=O)C1=CN(C(=O)c2cccc(C#N)c2)CC(C)(C)c2c1[nH]c1ccccc21. The molecule has 3 aromatic rings. The first kappa shape index (κ1) is 21.4. The second-order valence-corrected chi connectivity index (χ2v) is 8.93. The maximum Gasteiger partial charge on any atom is 0.342 e. The second-order valence-electron chi connectivity index (χ2n) is 8.93. The molecule has 1 aliphatic heterocycles. The maximum absolute atomic E-state index is 13.4. The van der Waals surface area contributed by atoms with Gasteiger partial charge in [0.2, 0.25) is 0 Å². The summed E-state index contributed by atoms with van der Waals surface area (Å²) in [6, 6.07) is 16.5. The van der Waals surface area contributed by atoms with Gasteiger partial charge in [0, 0.05) is 34.6 Å². The van der Waals surface area contributed by atoms with Gasteiger partial charge in [0.25, 0.3) is 5.91 Å². The molecule has 0 radical (unpaired) electrons. The molecule has 0 saturated heterocycles. The Morgan fingerprint density at radius 1 is 1.16 bits per heavy atom. The number of ether oxygens (including phenoxy) is 1. The lowest BCUT2D eigenvalue weighted by Crippen LogP contribution is -2.37. The van der Waals surface area contributed by atoms with E-state index in [0.29, 0.717) is 28.9 Å². The summed E-state index contributed by atoms with van der Waals surface area (Å²) >= 11 is 0. The summed E-state index contributed by atoms with van der Waals surface area (Å²) < 4.78 is 5.53. The zero-order chi connectivity index (χ0) is 23.0. The fraction of sp³-hybridized carbons (Fsp3) is 0.269. The highest BCUT2D eigenvalue weighted by Crippen LogP contribution is 2.40. The van der Waals surface area contributed by atoms with E-state index in [9.17, 15) is 14.9 Å². The van der Waals surface area contributed by atoms with Gasteiger partial charge >= 0.3 is 5.97 Å². The van der Waals surface area contributed by atoms with E-state index in [1.807, 2.05) is 24.3 Å². The first-order valence-corrected chi connectivity index (χ1v) is 10.6. The van der Waals surface area contributed by atoms with Gasteiger partial charge in [-0.2, -0.15) is 5.26 Å². The van der Waals surface area contributed by atoms with Crippen molar-refractivity contribution in [1.29, 1.82) is 5.26 Å². The van der Waals surface area contributed by atoms with Crippen molar-refractivity contribution in [2.75, 3.05) is 6.54 Å². The van der Waals surface area contributed by atoms with Crippen molar-refractivity contribution in [2.45, 2.75) is 39.2 Å². The molecule has 32 heavy (non-hydrogen) atoms. The molecule has 1 amide bonds. The Morgan fingerprint density at radius 3 is 2.62 bits per heavy atom. The van der Waals surface area contributed by atoms with Gasteiger partial charge in [-0.15, -0.1) is 0 Å². The van der Waals surface area contributed by atoms with Crippen LogP contribution in [0.15, 0.2) is 54.7 Å². The second kappa shape index (κ2) is 8.01. The predicted octanol–water partition coefficient (Wildman–Crippen LogP) is 4.77. The minimum atomic E-state index is -0.492. The summed E-state index contributed by atoms with van der Waals surface area (Å²) in [5, 5.41) is 10.2. The molecule has 0 spiro atoms. The molecular formula is C26H25N3O3. The lowest BCUT2D eigenvalue weighted by atomic mass is 9.81. The summed E-state index contributed by atoms with van der Waals surface area (Å²) in [6.45, 7) is 8.06. The third-order valence-corrected chi connectivity index (χ3v) is 5.56. The maximum atomic E-state index is 13.4. The van der Waals surface area contributed by atoms with Gasteiger partial charge in [0.05, 0.1) is 29.0 Å². The van der Waals surface area contributed by atoms with E-state index in [4.69, 9.17) is 4.74 Å². The Balaban J connectivity index is 1.89. The average Bonchev–Trinajstić information content (AvgIpc) is 3.10. The number of nitriles is 1. The molecule has 2 heterocycles. The zero-order valence-electron chi connectivity index (χ0n) is 18.6. The number of aromatic nitrogens is 1. The summed E-state index contributed by atoms with van der Waals surface area (Å²) in [6.07, 6.45) is 1.28. The molecule has 0 bridgehead atoms. The van der Waals surface area contributed by atoms with Crippen LogP contribution in [0.4, 0.5) is 0 Å². The number of H-pyrrole nitrogens is 1. The van der Waals surface area contributed by atoms with Crippen molar-refractivity contribution in [3.63, 3.8) is 0 Å². The van der Waals surface area contributed by atoms with Crippen LogP contribution in [0.25, 0.3) is 16.5 Å². The van der Waals surface area contributed by atoms with Gasteiger partial charge in [-0.05, 0) is 43.7 Å². The number of amides is 1. The van der Waals surface area contributed by atoms with Crippen LogP contribution < -0.4 is 0 Å². The highest BCUT2D eigenvalue weighted by Gasteiger charge is 2.37. The summed E-state index contributed by atoms with van der Waals surface area (Å²) in [4.78, 5) is 31.5. The largest absolute Gasteiger partial charge is 0.459 e. The number of benzene rings is 2. The molecule has 0 fully saturated rings. The molecule has 2 aromatic carbocycles. The Kier molecular flexibility index (Phi) is 5.35. The van der Waals surface area contributed by atoms with Crippen LogP contribution in [-0.4, -0.2) is 34.4 Å². The molecule has 6 heteroatoms. The van der Waals surface area contributed by atoms with Gasteiger partial charge in [-0.25, -0.2) is 4.79 Å². The molecule has 0 saturated carbocycles. The average molecular weight is 428 g/mol. The normalized spacial score (nSPS) is 15.0. The standard InChI is InChI=1S/C26H25N3O3/c1-16(2)32-25(31)20-14-29(24(30)18-9-7-8-17(12-18)13-27)15-26(3,4)22-19-10-5-6-11-21(19)28-23(20)22/h5-12,14,16,28H,15H2,1-4H3. The lowest BCUT2D eigenvalue weighted by molar-refractivity contribution is -0.140. The summed E-state index contributed by atoms with van der Waals surface area (Å²) in [5.41, 5.74) is 3.21. The molecular weight excluding hydrogens is 402 g/mol. The van der Waals surface area contributed by atoms with E-state index in [1.165, 1.54) is 0 Å². The quantitative estimate of drug-likeness (QED) is 0.610. The molecule has 1 aromatic heterocycles. The van der Waals surface area contributed by atoms with Crippen LogP contribution in [0.2, 0.25) is 0 Å². The van der Waals surface area contributed by atoms with E-state index in [-0.39, 0.29) is 12.0 Å². The van der Waals surface area contributed by atoms with E-state index in [1.54, 1.807) is 49.2 Å². The minimum absolute atomic E-state index is 0.278. The molecule has 6 nitrogen and oxygen atoms in total. The summed E-state index contributed by atoms with van der Waals surface area (Å²) in [5.74, 6) is -0.770. The third-order valence-electron chi connectivity index (χ3n) is 5.56. The van der Waals surface area contributed by atoms with Crippen molar-refractivity contribution in [3.8, 4) is 6.07 Å². The van der Waals surface area contributed by atoms with Crippen molar-refractivity contribution >= 4 is 28.4 Å². The van der Waals surface area contributed by atoms with E-state index >= 15 is 0 Å². The first-order valence-electron chi connectivity index (χ1n) is 10.6. The van der Waals surface area contributed by atoms with Crippen LogP contribution >= 0.6 is 0 Å². The predicted molar refractivity (Wildman–Crippen MR) is 123 cm³/mol.